The predicted octanol–water partition coefficient (Wildman–Crippen LogP) is 1.45. The molecule has 9 heavy (non-hydrogen) atoms. The van der Waals surface area contributed by atoms with Crippen molar-refractivity contribution in [2.24, 2.45) is 11.8 Å². The Hall–Kier alpha value is -0.530. The third-order valence-electron chi connectivity index (χ3n) is 1.57. The molecule has 0 saturated carbocycles. The lowest BCUT2D eigenvalue weighted by atomic mass is 9.99. The first-order valence-electron chi connectivity index (χ1n) is 3.17. The fraction of sp³-hybridized carbons (Fsp3) is 0.857. The highest BCUT2D eigenvalue weighted by Crippen LogP contribution is 2.10. The molecule has 2 heteroatoms. The van der Waals surface area contributed by atoms with E-state index in [0.717, 1.165) is 0 Å². The molecule has 0 rings (SSSR count). The lowest BCUT2D eigenvalue weighted by Gasteiger charge is -2.11. The third kappa shape index (κ3) is 2.49. The summed E-state index contributed by atoms with van der Waals surface area (Å²) in [5.74, 6) is 0.275. The zero-order valence-corrected chi connectivity index (χ0v) is 6.47. The largest absolute Gasteiger partial charge is 0.469 e. The van der Waals surface area contributed by atoms with Crippen molar-refractivity contribution in [2.75, 3.05) is 7.11 Å². The first kappa shape index (κ1) is 8.47. The van der Waals surface area contributed by atoms with E-state index in [0.29, 0.717) is 5.92 Å². The fourth-order valence-corrected chi connectivity index (χ4v) is 0.458. The molecule has 0 unspecified atom stereocenters. The van der Waals surface area contributed by atoms with Gasteiger partial charge in [-0.25, -0.2) is 0 Å². The van der Waals surface area contributed by atoms with E-state index < -0.39 is 0 Å². The van der Waals surface area contributed by atoms with Crippen LogP contribution in [0.2, 0.25) is 0 Å². The van der Waals surface area contributed by atoms with Gasteiger partial charge in [0.1, 0.15) is 0 Å². The number of methoxy groups -OCH3 is 1. The smallest absolute Gasteiger partial charge is 0.308 e. The minimum atomic E-state index is -0.120. The fourth-order valence-electron chi connectivity index (χ4n) is 0.458. The molecule has 0 radical (unpaired) electrons. The molecule has 0 bridgehead atoms. The number of esters is 1. The number of hydrogen-bond donors (Lipinski definition) is 0. The van der Waals surface area contributed by atoms with Gasteiger partial charge in [-0.2, -0.15) is 0 Å². The van der Waals surface area contributed by atoms with Gasteiger partial charge in [0.05, 0.1) is 13.0 Å². The van der Waals surface area contributed by atoms with Crippen molar-refractivity contribution in [3.05, 3.63) is 0 Å². The van der Waals surface area contributed by atoms with E-state index in [1.54, 1.807) is 0 Å². The topological polar surface area (TPSA) is 26.3 Å². The highest BCUT2D eigenvalue weighted by atomic mass is 16.5. The van der Waals surface area contributed by atoms with E-state index in [1.165, 1.54) is 7.11 Å². The van der Waals surface area contributed by atoms with E-state index in [4.69, 9.17) is 0 Å². The summed E-state index contributed by atoms with van der Waals surface area (Å²) in [4.78, 5) is 10.7. The molecule has 0 fully saturated rings. The first-order valence-corrected chi connectivity index (χ1v) is 3.17. The zero-order chi connectivity index (χ0) is 7.44. The van der Waals surface area contributed by atoms with Crippen molar-refractivity contribution in [2.45, 2.75) is 20.8 Å². The van der Waals surface area contributed by atoms with Gasteiger partial charge in [-0.05, 0) is 5.92 Å². The van der Waals surface area contributed by atoms with Crippen molar-refractivity contribution in [3.8, 4) is 0 Å². The average Bonchev–Trinajstić information content (AvgIpc) is 1.84. The average molecular weight is 130 g/mol. The monoisotopic (exact) mass is 130 g/mol. The summed E-state index contributed by atoms with van der Waals surface area (Å²) >= 11 is 0. The summed E-state index contributed by atoms with van der Waals surface area (Å²) in [6.45, 7) is 5.87. The maximum absolute atomic E-state index is 10.7. The summed E-state index contributed by atoms with van der Waals surface area (Å²) in [6, 6.07) is 0. The van der Waals surface area contributed by atoms with Gasteiger partial charge in [-0.3, -0.25) is 4.79 Å². The number of rotatable bonds is 2. The molecule has 0 heterocycles. The zero-order valence-electron chi connectivity index (χ0n) is 6.47. The van der Waals surface area contributed by atoms with Gasteiger partial charge in [0.2, 0.25) is 0 Å². The van der Waals surface area contributed by atoms with E-state index in [1.807, 2.05) is 20.8 Å². The number of ether oxygens (including phenoxy) is 1. The van der Waals surface area contributed by atoms with Gasteiger partial charge in [-0.15, -0.1) is 0 Å². The Bertz CT molecular complexity index is 97.1. The summed E-state index contributed by atoms with van der Waals surface area (Å²) in [7, 11) is 1.42. The van der Waals surface area contributed by atoms with E-state index in [-0.39, 0.29) is 11.9 Å². The normalized spacial score (nSPS) is 13.4. The van der Waals surface area contributed by atoms with Crippen molar-refractivity contribution >= 4 is 5.97 Å². The maximum Gasteiger partial charge on any atom is 0.308 e. The number of hydrogen-bond acceptors (Lipinski definition) is 2. The van der Waals surface area contributed by atoms with E-state index >= 15 is 0 Å². The molecule has 0 spiro atoms. The molecule has 0 saturated heterocycles. The van der Waals surface area contributed by atoms with Crippen LogP contribution in [-0.4, -0.2) is 13.1 Å². The van der Waals surface area contributed by atoms with Crippen LogP contribution in [0.25, 0.3) is 0 Å². The molecular formula is C7H14O2. The molecule has 0 aliphatic carbocycles. The Labute approximate surface area is 56.2 Å². The molecule has 0 aliphatic rings. The van der Waals surface area contributed by atoms with Gasteiger partial charge in [0.25, 0.3) is 0 Å². The van der Waals surface area contributed by atoms with Gasteiger partial charge < -0.3 is 4.74 Å². The van der Waals surface area contributed by atoms with Crippen LogP contribution >= 0.6 is 0 Å². The second kappa shape index (κ2) is 3.49. The van der Waals surface area contributed by atoms with Crippen LogP contribution in [0.5, 0.6) is 0 Å². The molecule has 0 aromatic carbocycles. The van der Waals surface area contributed by atoms with E-state index in [9.17, 15) is 4.79 Å². The standard InChI is InChI=1S/C7H14O2/c1-5(2)6(3)7(8)9-4/h5-6H,1-4H3/t6-/m1/s1. The van der Waals surface area contributed by atoms with Crippen LogP contribution in [0.3, 0.4) is 0 Å². The first-order chi connectivity index (χ1) is 4.09. The van der Waals surface area contributed by atoms with Crippen LogP contribution in [0, 0.1) is 11.8 Å². The third-order valence-corrected chi connectivity index (χ3v) is 1.57. The van der Waals surface area contributed by atoms with Gasteiger partial charge in [0.15, 0.2) is 0 Å². The Morgan fingerprint density at radius 3 is 1.89 bits per heavy atom. The van der Waals surface area contributed by atoms with Gasteiger partial charge >= 0.3 is 5.97 Å². The van der Waals surface area contributed by atoms with Crippen molar-refractivity contribution in [1.82, 2.24) is 0 Å². The van der Waals surface area contributed by atoms with Crippen LogP contribution in [-0.2, 0) is 9.53 Å². The predicted molar refractivity (Wildman–Crippen MR) is 36.0 cm³/mol. The van der Waals surface area contributed by atoms with E-state index in [2.05, 4.69) is 4.74 Å². The Balaban J connectivity index is 3.72. The Kier molecular flexibility index (Phi) is 3.28. The molecule has 0 aromatic rings. The summed E-state index contributed by atoms with van der Waals surface area (Å²) < 4.78 is 4.53. The SMILES string of the molecule is COC(=O)[C@H](C)C(C)C. The van der Waals surface area contributed by atoms with Gasteiger partial charge in [0, 0.05) is 0 Å². The molecular weight excluding hydrogens is 116 g/mol. The van der Waals surface area contributed by atoms with Crippen LogP contribution in [0.4, 0.5) is 0 Å². The maximum atomic E-state index is 10.7. The van der Waals surface area contributed by atoms with Crippen molar-refractivity contribution in [3.63, 3.8) is 0 Å². The Morgan fingerprint density at radius 2 is 1.78 bits per heavy atom. The molecule has 0 amide bonds. The lowest BCUT2D eigenvalue weighted by molar-refractivity contribution is -0.146. The Morgan fingerprint density at radius 1 is 1.33 bits per heavy atom. The summed E-state index contributed by atoms with van der Waals surface area (Å²) in [5.41, 5.74) is 0. The molecule has 1 atom stereocenters. The number of carbonyl (C=O) groups excluding carboxylic acids is 1. The molecule has 0 aromatic heterocycles. The second-order valence-electron chi connectivity index (χ2n) is 2.56. The van der Waals surface area contributed by atoms with Gasteiger partial charge in [-0.1, -0.05) is 20.8 Å². The highest BCUT2D eigenvalue weighted by Gasteiger charge is 2.15. The van der Waals surface area contributed by atoms with Crippen LogP contribution < -0.4 is 0 Å². The quantitative estimate of drug-likeness (QED) is 0.529. The van der Waals surface area contributed by atoms with Crippen LogP contribution in [0.1, 0.15) is 20.8 Å². The minimum absolute atomic E-state index is 0.0231. The number of carbonyl (C=O) groups is 1. The lowest BCUT2D eigenvalue weighted by Crippen LogP contribution is -2.17. The second-order valence-corrected chi connectivity index (χ2v) is 2.56. The van der Waals surface area contributed by atoms with Crippen molar-refractivity contribution < 1.29 is 9.53 Å². The van der Waals surface area contributed by atoms with Crippen LogP contribution in [0.15, 0.2) is 0 Å². The summed E-state index contributed by atoms with van der Waals surface area (Å²) in [6.07, 6.45) is 0. The minimum Gasteiger partial charge on any atom is -0.469 e. The summed E-state index contributed by atoms with van der Waals surface area (Å²) in [5, 5.41) is 0. The molecule has 54 valence electrons. The van der Waals surface area contributed by atoms with Crippen molar-refractivity contribution in [1.29, 1.82) is 0 Å². The molecule has 0 N–H and O–H groups in total. The molecule has 2 nitrogen and oxygen atoms in total. The molecule has 0 aliphatic heterocycles. The highest BCUT2D eigenvalue weighted by molar-refractivity contribution is 5.71.